The lowest BCUT2D eigenvalue weighted by molar-refractivity contribution is 0.0372. The van der Waals surface area contributed by atoms with Crippen LogP contribution >= 0.6 is 22.9 Å². The molecule has 1 unspecified atom stereocenters. The molecule has 0 bridgehead atoms. The van der Waals surface area contributed by atoms with Crippen LogP contribution in [0.15, 0.2) is 78.4 Å². The first-order chi connectivity index (χ1) is 16.1. The Morgan fingerprint density at radius 2 is 1.85 bits per heavy atom. The van der Waals surface area contributed by atoms with Crippen molar-refractivity contribution in [2.24, 2.45) is 0 Å². The normalized spacial score (nSPS) is 19.0. The predicted octanol–water partition coefficient (Wildman–Crippen LogP) is 4.67. The van der Waals surface area contributed by atoms with E-state index < -0.39 is 5.66 Å². The molecule has 6 nitrogen and oxygen atoms in total. The van der Waals surface area contributed by atoms with Gasteiger partial charge in [-0.2, -0.15) is 0 Å². The summed E-state index contributed by atoms with van der Waals surface area (Å²) in [6.07, 6.45) is 3.43. The number of benzene rings is 2. The number of fused-ring (bicyclic) bond motifs is 3. The van der Waals surface area contributed by atoms with Crippen molar-refractivity contribution < 1.29 is 9.59 Å². The third kappa shape index (κ3) is 2.86. The Morgan fingerprint density at radius 3 is 2.64 bits per heavy atom. The van der Waals surface area contributed by atoms with Gasteiger partial charge in [0.1, 0.15) is 10.7 Å². The second-order valence-corrected chi connectivity index (χ2v) is 9.21. The summed E-state index contributed by atoms with van der Waals surface area (Å²) in [6, 6.07) is 18.6. The van der Waals surface area contributed by atoms with Gasteiger partial charge in [-0.15, -0.1) is 11.3 Å². The van der Waals surface area contributed by atoms with Crippen molar-refractivity contribution in [1.29, 1.82) is 0 Å². The van der Waals surface area contributed by atoms with E-state index in [2.05, 4.69) is 9.97 Å². The van der Waals surface area contributed by atoms with Crippen LogP contribution in [0.3, 0.4) is 0 Å². The van der Waals surface area contributed by atoms with Crippen LogP contribution in [0.5, 0.6) is 0 Å². The summed E-state index contributed by atoms with van der Waals surface area (Å²) in [4.78, 5) is 39.6. The molecule has 2 aromatic heterocycles. The van der Waals surface area contributed by atoms with Crippen LogP contribution in [0, 0.1) is 0 Å². The quantitative estimate of drug-likeness (QED) is 0.434. The van der Waals surface area contributed by atoms with E-state index in [9.17, 15) is 9.59 Å². The average Bonchev–Trinajstić information content (AvgIpc) is 3.55. The molecule has 2 aromatic carbocycles. The number of hydrogen-bond donors (Lipinski definition) is 0. The van der Waals surface area contributed by atoms with Gasteiger partial charge in [0.05, 0.1) is 0 Å². The molecule has 6 rings (SSSR count). The van der Waals surface area contributed by atoms with E-state index >= 15 is 0 Å². The Bertz CT molecular complexity index is 1390. The second kappa shape index (κ2) is 7.50. The number of pyridine rings is 1. The average molecular weight is 473 g/mol. The van der Waals surface area contributed by atoms with Crippen molar-refractivity contribution in [3.05, 3.63) is 106 Å². The maximum Gasteiger partial charge on any atom is 0.275 e. The van der Waals surface area contributed by atoms with Crippen LogP contribution < -0.4 is 0 Å². The molecule has 0 aliphatic carbocycles. The van der Waals surface area contributed by atoms with Gasteiger partial charge in [0, 0.05) is 58.1 Å². The molecule has 8 heteroatoms. The van der Waals surface area contributed by atoms with E-state index in [1.807, 2.05) is 48.5 Å². The Balaban J connectivity index is 1.50. The Labute approximate surface area is 199 Å². The number of aromatic nitrogens is 2. The Kier molecular flexibility index (Phi) is 4.57. The lowest BCUT2D eigenvalue weighted by Crippen LogP contribution is -2.51. The van der Waals surface area contributed by atoms with Crippen molar-refractivity contribution >= 4 is 34.8 Å². The van der Waals surface area contributed by atoms with Crippen LogP contribution in [0.25, 0.3) is 10.6 Å². The summed E-state index contributed by atoms with van der Waals surface area (Å²) in [5.74, 6) is -0.298. The number of carbonyl (C=O) groups is 2. The van der Waals surface area contributed by atoms with Crippen LogP contribution in [0.2, 0.25) is 5.02 Å². The molecule has 0 N–H and O–H groups in total. The van der Waals surface area contributed by atoms with Gasteiger partial charge < -0.3 is 9.80 Å². The number of amides is 2. The lowest BCUT2D eigenvalue weighted by Gasteiger charge is -2.40. The molecule has 162 valence electrons. The monoisotopic (exact) mass is 472 g/mol. The van der Waals surface area contributed by atoms with Crippen molar-refractivity contribution in [2.75, 3.05) is 13.1 Å². The molecule has 0 spiro atoms. The Hall–Kier alpha value is -3.55. The second-order valence-electron chi connectivity index (χ2n) is 7.92. The van der Waals surface area contributed by atoms with Crippen LogP contribution in [-0.4, -0.2) is 44.7 Å². The molecular formula is C25H17ClN4O2S. The van der Waals surface area contributed by atoms with E-state index in [0.29, 0.717) is 29.4 Å². The van der Waals surface area contributed by atoms with Crippen molar-refractivity contribution in [1.82, 2.24) is 19.8 Å². The number of rotatable bonds is 3. The van der Waals surface area contributed by atoms with Crippen LogP contribution in [0.4, 0.5) is 0 Å². The molecule has 0 saturated carbocycles. The van der Waals surface area contributed by atoms with Gasteiger partial charge in [0.15, 0.2) is 5.66 Å². The summed E-state index contributed by atoms with van der Waals surface area (Å²) in [7, 11) is 0. The zero-order valence-corrected chi connectivity index (χ0v) is 18.9. The van der Waals surface area contributed by atoms with Crippen molar-refractivity contribution in [2.45, 2.75) is 5.66 Å². The predicted molar refractivity (Wildman–Crippen MR) is 126 cm³/mol. The summed E-state index contributed by atoms with van der Waals surface area (Å²) >= 11 is 7.57. The van der Waals surface area contributed by atoms with Gasteiger partial charge >= 0.3 is 0 Å². The first kappa shape index (κ1) is 20.1. The van der Waals surface area contributed by atoms with E-state index in [0.717, 1.165) is 21.7 Å². The maximum atomic E-state index is 13.9. The topological polar surface area (TPSA) is 66.4 Å². The maximum absolute atomic E-state index is 13.9. The highest BCUT2D eigenvalue weighted by molar-refractivity contribution is 7.13. The minimum atomic E-state index is -1.03. The van der Waals surface area contributed by atoms with Gasteiger partial charge in [-0.1, -0.05) is 41.9 Å². The molecule has 2 aliphatic rings. The van der Waals surface area contributed by atoms with E-state index in [1.165, 1.54) is 11.3 Å². The number of thiazole rings is 1. The van der Waals surface area contributed by atoms with Gasteiger partial charge in [-0.3, -0.25) is 14.6 Å². The van der Waals surface area contributed by atoms with E-state index in [4.69, 9.17) is 11.6 Å². The summed E-state index contributed by atoms with van der Waals surface area (Å²) < 4.78 is 0. The number of nitrogens with zero attached hydrogens (tertiary/aromatic N) is 4. The van der Waals surface area contributed by atoms with Gasteiger partial charge in [0.2, 0.25) is 0 Å². The minimum absolute atomic E-state index is 0.0785. The summed E-state index contributed by atoms with van der Waals surface area (Å²) in [5.41, 5.74) is 2.40. The highest BCUT2D eigenvalue weighted by Gasteiger charge is 2.59. The van der Waals surface area contributed by atoms with Crippen LogP contribution in [0.1, 0.15) is 32.0 Å². The highest BCUT2D eigenvalue weighted by Crippen LogP contribution is 2.50. The lowest BCUT2D eigenvalue weighted by atomic mass is 9.89. The number of halogens is 1. The SMILES string of the molecule is O=C(c1csc(-c2cccnc2)n1)N1CCN2C(=O)c3ccccc3C12c1ccc(Cl)cc1. The number of hydrogen-bond acceptors (Lipinski definition) is 5. The van der Waals surface area contributed by atoms with Gasteiger partial charge in [-0.25, -0.2) is 4.98 Å². The fraction of sp³-hybridized carbons (Fsp3) is 0.120. The zero-order valence-electron chi connectivity index (χ0n) is 17.3. The minimum Gasteiger partial charge on any atom is -0.306 e. The molecular weight excluding hydrogens is 456 g/mol. The molecule has 4 aromatic rings. The number of carbonyl (C=O) groups excluding carboxylic acids is 2. The summed E-state index contributed by atoms with van der Waals surface area (Å²) in [5, 5.41) is 3.09. The molecule has 1 atom stereocenters. The fourth-order valence-electron chi connectivity index (χ4n) is 4.86. The van der Waals surface area contributed by atoms with Crippen molar-refractivity contribution in [3.63, 3.8) is 0 Å². The molecule has 1 fully saturated rings. The van der Waals surface area contributed by atoms with E-state index in [-0.39, 0.29) is 11.8 Å². The molecule has 33 heavy (non-hydrogen) atoms. The van der Waals surface area contributed by atoms with Gasteiger partial charge in [0.25, 0.3) is 11.8 Å². The summed E-state index contributed by atoms with van der Waals surface area (Å²) in [6.45, 7) is 0.836. The van der Waals surface area contributed by atoms with Gasteiger partial charge in [-0.05, 0) is 30.3 Å². The third-order valence-corrected chi connectivity index (χ3v) is 7.37. The molecule has 2 amide bonds. The largest absolute Gasteiger partial charge is 0.306 e. The first-order valence-electron chi connectivity index (χ1n) is 10.5. The standard InChI is InChI=1S/C25H17ClN4O2S/c26-18-9-7-17(8-10-18)25-20-6-2-1-5-19(20)23(31)29(25)12-13-30(25)24(32)21-15-33-22(28-21)16-4-3-11-27-14-16/h1-11,14-15H,12-13H2. The fourth-order valence-corrected chi connectivity index (χ4v) is 5.77. The zero-order chi connectivity index (χ0) is 22.6. The Morgan fingerprint density at radius 1 is 1.03 bits per heavy atom. The third-order valence-electron chi connectivity index (χ3n) is 6.23. The molecule has 4 heterocycles. The molecule has 2 aliphatic heterocycles. The van der Waals surface area contributed by atoms with Crippen molar-refractivity contribution in [3.8, 4) is 10.6 Å². The molecule has 0 radical (unpaired) electrons. The molecule has 1 saturated heterocycles. The van der Waals surface area contributed by atoms with E-state index in [1.54, 1.807) is 39.7 Å². The highest BCUT2D eigenvalue weighted by atomic mass is 35.5. The smallest absolute Gasteiger partial charge is 0.275 e. The first-order valence-corrected chi connectivity index (χ1v) is 11.7. The van der Waals surface area contributed by atoms with Crippen LogP contribution in [-0.2, 0) is 5.66 Å².